The highest BCUT2D eigenvalue weighted by Gasteiger charge is 2.19. The van der Waals surface area contributed by atoms with Crippen LogP contribution < -0.4 is 5.32 Å². The number of hydrogen-bond donors (Lipinski definition) is 1. The molecule has 4 rings (SSSR count). The third-order valence-corrected chi connectivity index (χ3v) is 5.22. The van der Waals surface area contributed by atoms with Gasteiger partial charge in [-0.05, 0) is 36.6 Å². The van der Waals surface area contributed by atoms with Gasteiger partial charge in [-0.25, -0.2) is 0 Å². The first-order chi connectivity index (χ1) is 14.5. The van der Waals surface area contributed by atoms with Crippen LogP contribution in [0.25, 0.3) is 10.9 Å². The molecule has 0 atom stereocenters. The maximum absolute atomic E-state index is 12.4. The second kappa shape index (κ2) is 8.32. The third-order valence-electron chi connectivity index (χ3n) is 5.22. The molecule has 3 aromatic rings. The zero-order valence-corrected chi connectivity index (χ0v) is 16.3. The molecule has 0 aliphatic carbocycles. The second-order valence-corrected chi connectivity index (χ2v) is 7.28. The summed E-state index contributed by atoms with van der Waals surface area (Å²) in [5.74, 6) is -0.216. The molecule has 1 aliphatic heterocycles. The number of non-ortho nitro benzene ring substituents is 1. The standard InChI is InChI=1S/C21H21N5O4/c27-20(14-25-19-11-18(26(29)30)8-7-17(19)13-23-25)22-12-15-3-5-16(6-4-15)21(28)24-9-1-2-10-24/h3-8,11,13H,1-2,9-10,12,14H2,(H,22,27). The fourth-order valence-electron chi connectivity index (χ4n) is 3.56. The number of nitrogens with zero attached hydrogens (tertiary/aromatic N) is 4. The number of rotatable bonds is 6. The Labute approximate surface area is 172 Å². The van der Waals surface area contributed by atoms with Crippen LogP contribution >= 0.6 is 0 Å². The Morgan fingerprint density at radius 3 is 2.53 bits per heavy atom. The average molecular weight is 407 g/mol. The van der Waals surface area contributed by atoms with Gasteiger partial charge in [-0.1, -0.05) is 12.1 Å². The Kier molecular flexibility index (Phi) is 5.42. The Morgan fingerprint density at radius 2 is 1.83 bits per heavy atom. The van der Waals surface area contributed by atoms with E-state index < -0.39 is 4.92 Å². The lowest BCUT2D eigenvalue weighted by Gasteiger charge is -2.15. The summed E-state index contributed by atoms with van der Waals surface area (Å²) in [5, 5.41) is 18.7. The molecule has 1 saturated heterocycles. The Balaban J connectivity index is 1.36. The van der Waals surface area contributed by atoms with Gasteiger partial charge in [-0.2, -0.15) is 5.10 Å². The van der Waals surface area contributed by atoms with Crippen molar-refractivity contribution < 1.29 is 14.5 Å². The van der Waals surface area contributed by atoms with E-state index in [-0.39, 0.29) is 24.0 Å². The van der Waals surface area contributed by atoms with Gasteiger partial charge in [0.1, 0.15) is 6.54 Å². The monoisotopic (exact) mass is 407 g/mol. The molecule has 0 bridgehead atoms. The average Bonchev–Trinajstić information content (AvgIpc) is 3.42. The van der Waals surface area contributed by atoms with Gasteiger partial charge in [0.2, 0.25) is 5.91 Å². The molecule has 30 heavy (non-hydrogen) atoms. The predicted octanol–water partition coefficient (Wildman–Crippen LogP) is 2.50. The second-order valence-electron chi connectivity index (χ2n) is 7.28. The minimum absolute atomic E-state index is 0.0442. The number of nitrogens with one attached hydrogen (secondary N) is 1. The van der Waals surface area contributed by atoms with E-state index in [0.717, 1.165) is 36.9 Å². The van der Waals surface area contributed by atoms with Crippen molar-refractivity contribution in [3.63, 3.8) is 0 Å². The van der Waals surface area contributed by atoms with Crippen molar-refractivity contribution in [1.29, 1.82) is 0 Å². The highest BCUT2D eigenvalue weighted by molar-refractivity contribution is 5.94. The number of nitro groups is 1. The molecule has 1 fully saturated rings. The number of hydrogen-bond acceptors (Lipinski definition) is 5. The van der Waals surface area contributed by atoms with Gasteiger partial charge < -0.3 is 10.2 Å². The summed E-state index contributed by atoms with van der Waals surface area (Å²) >= 11 is 0. The molecule has 9 heteroatoms. The lowest BCUT2D eigenvalue weighted by Crippen LogP contribution is -2.28. The van der Waals surface area contributed by atoms with Crippen molar-refractivity contribution in [3.8, 4) is 0 Å². The van der Waals surface area contributed by atoms with E-state index in [1.54, 1.807) is 24.4 Å². The predicted molar refractivity (Wildman–Crippen MR) is 110 cm³/mol. The maximum Gasteiger partial charge on any atom is 0.271 e. The molecule has 2 aromatic carbocycles. The van der Waals surface area contributed by atoms with Gasteiger partial charge in [0.05, 0.1) is 16.6 Å². The molecule has 1 N–H and O–H groups in total. The van der Waals surface area contributed by atoms with Gasteiger partial charge in [0.15, 0.2) is 0 Å². The molecule has 9 nitrogen and oxygen atoms in total. The van der Waals surface area contributed by atoms with Crippen LogP contribution in [0.15, 0.2) is 48.7 Å². The SMILES string of the molecule is O=C(Cn1ncc2ccc([N+](=O)[O-])cc21)NCc1ccc(C(=O)N2CCCC2)cc1. The van der Waals surface area contributed by atoms with E-state index in [1.165, 1.54) is 16.8 Å². The Morgan fingerprint density at radius 1 is 1.10 bits per heavy atom. The Bertz CT molecular complexity index is 1100. The number of likely N-dealkylation sites (tertiary alicyclic amines) is 1. The zero-order chi connectivity index (χ0) is 21.1. The van der Waals surface area contributed by atoms with Crippen molar-refractivity contribution in [1.82, 2.24) is 20.0 Å². The van der Waals surface area contributed by atoms with Crippen molar-refractivity contribution in [3.05, 3.63) is 69.9 Å². The molecular weight excluding hydrogens is 386 g/mol. The first kappa shape index (κ1) is 19.6. The molecule has 0 radical (unpaired) electrons. The molecule has 2 amide bonds. The number of nitro benzene ring substituents is 1. The minimum atomic E-state index is -0.477. The zero-order valence-electron chi connectivity index (χ0n) is 16.3. The van der Waals surface area contributed by atoms with Gasteiger partial charge in [0, 0.05) is 42.7 Å². The first-order valence-electron chi connectivity index (χ1n) is 9.76. The number of fused-ring (bicyclic) bond motifs is 1. The quantitative estimate of drug-likeness (QED) is 0.499. The van der Waals surface area contributed by atoms with Crippen LogP contribution in [0.1, 0.15) is 28.8 Å². The van der Waals surface area contributed by atoms with Crippen LogP contribution in [0.5, 0.6) is 0 Å². The Hall–Kier alpha value is -3.75. The molecule has 2 heterocycles. The normalized spacial score (nSPS) is 13.5. The molecule has 154 valence electrons. The van der Waals surface area contributed by atoms with Crippen LogP contribution in [-0.2, 0) is 17.9 Å². The third kappa shape index (κ3) is 4.14. The number of carbonyl (C=O) groups excluding carboxylic acids is 2. The lowest BCUT2D eigenvalue weighted by molar-refractivity contribution is -0.384. The van der Waals surface area contributed by atoms with Gasteiger partial charge in [-0.3, -0.25) is 24.4 Å². The highest BCUT2D eigenvalue weighted by atomic mass is 16.6. The van der Waals surface area contributed by atoms with Crippen molar-refractivity contribution in [2.45, 2.75) is 25.9 Å². The molecule has 1 aromatic heterocycles. The highest BCUT2D eigenvalue weighted by Crippen LogP contribution is 2.20. The molecule has 0 unspecified atom stereocenters. The van der Waals surface area contributed by atoms with E-state index in [9.17, 15) is 19.7 Å². The van der Waals surface area contributed by atoms with Crippen molar-refractivity contribution >= 4 is 28.4 Å². The van der Waals surface area contributed by atoms with Crippen LogP contribution in [0, 0.1) is 10.1 Å². The maximum atomic E-state index is 12.4. The first-order valence-corrected chi connectivity index (χ1v) is 9.76. The summed E-state index contributed by atoms with van der Waals surface area (Å²) in [5.41, 5.74) is 2.01. The van der Waals surface area contributed by atoms with E-state index in [1.807, 2.05) is 17.0 Å². The minimum Gasteiger partial charge on any atom is -0.350 e. The van der Waals surface area contributed by atoms with Crippen LogP contribution in [0.4, 0.5) is 5.69 Å². The van der Waals surface area contributed by atoms with E-state index >= 15 is 0 Å². The summed E-state index contributed by atoms with van der Waals surface area (Å²) in [6.07, 6.45) is 3.67. The smallest absolute Gasteiger partial charge is 0.271 e. The lowest BCUT2D eigenvalue weighted by atomic mass is 10.1. The topological polar surface area (TPSA) is 110 Å². The number of amides is 2. The van der Waals surface area contributed by atoms with Crippen molar-refractivity contribution in [2.24, 2.45) is 0 Å². The summed E-state index contributed by atoms with van der Waals surface area (Å²) in [4.78, 5) is 37.1. The van der Waals surface area contributed by atoms with E-state index in [2.05, 4.69) is 10.4 Å². The van der Waals surface area contributed by atoms with E-state index in [4.69, 9.17) is 0 Å². The number of aromatic nitrogens is 2. The van der Waals surface area contributed by atoms with Crippen LogP contribution in [0.3, 0.4) is 0 Å². The summed E-state index contributed by atoms with van der Waals surface area (Å²) < 4.78 is 1.44. The molecule has 1 aliphatic rings. The van der Waals surface area contributed by atoms with Crippen LogP contribution in [-0.4, -0.2) is 44.5 Å². The van der Waals surface area contributed by atoms with Crippen molar-refractivity contribution in [2.75, 3.05) is 13.1 Å². The number of benzene rings is 2. The van der Waals surface area contributed by atoms with Gasteiger partial charge in [-0.15, -0.1) is 0 Å². The fraction of sp³-hybridized carbons (Fsp3) is 0.286. The molecule has 0 spiro atoms. The summed E-state index contributed by atoms with van der Waals surface area (Å²) in [7, 11) is 0. The summed E-state index contributed by atoms with van der Waals surface area (Å²) in [6.45, 7) is 1.89. The fourth-order valence-corrected chi connectivity index (χ4v) is 3.56. The number of carbonyl (C=O) groups is 2. The molecule has 0 saturated carbocycles. The largest absolute Gasteiger partial charge is 0.350 e. The van der Waals surface area contributed by atoms with Gasteiger partial charge in [0.25, 0.3) is 11.6 Å². The summed E-state index contributed by atoms with van der Waals surface area (Å²) in [6, 6.07) is 11.6. The van der Waals surface area contributed by atoms with Gasteiger partial charge >= 0.3 is 0 Å². The van der Waals surface area contributed by atoms with E-state index in [0.29, 0.717) is 17.6 Å². The molecular formula is C21H21N5O4. The van der Waals surface area contributed by atoms with Crippen LogP contribution in [0.2, 0.25) is 0 Å².